The number of ether oxygens (including phenoxy) is 1. The first-order valence-electron chi connectivity index (χ1n) is 13.5. The first kappa shape index (κ1) is 29.4. The highest BCUT2D eigenvalue weighted by molar-refractivity contribution is 7.18. The molecular formula is C30H36F2N5O2P. The molecule has 1 aromatic carbocycles. The summed E-state index contributed by atoms with van der Waals surface area (Å²) in [6.45, 7) is -0.231. The molecule has 1 heterocycles. The minimum Gasteiger partial charge on any atom is -0.495 e. The Morgan fingerprint density at radius 1 is 1.27 bits per heavy atom. The van der Waals surface area contributed by atoms with Gasteiger partial charge in [0.1, 0.15) is 5.75 Å². The van der Waals surface area contributed by atoms with Gasteiger partial charge >= 0.3 is 0 Å². The minimum absolute atomic E-state index is 0.125. The lowest BCUT2D eigenvalue weighted by atomic mass is 9.86. The van der Waals surface area contributed by atoms with E-state index in [1.807, 2.05) is 12.1 Å². The Morgan fingerprint density at radius 2 is 2.02 bits per heavy atom. The van der Waals surface area contributed by atoms with Crippen molar-refractivity contribution in [2.24, 2.45) is 5.92 Å². The average Bonchev–Trinajstić information content (AvgIpc) is 3.30. The lowest BCUT2D eigenvalue weighted by Crippen LogP contribution is -2.42. The Hall–Kier alpha value is -3.55. The molecule has 2 aliphatic carbocycles. The van der Waals surface area contributed by atoms with Crippen LogP contribution < -0.4 is 25.9 Å². The second kappa shape index (κ2) is 12.7. The van der Waals surface area contributed by atoms with Crippen molar-refractivity contribution < 1.29 is 18.3 Å². The topological polar surface area (TPSA) is 82.3 Å². The molecule has 0 saturated heterocycles. The van der Waals surface area contributed by atoms with Gasteiger partial charge in [-0.3, -0.25) is 4.79 Å². The zero-order valence-corrected chi connectivity index (χ0v) is 24.3. The fourth-order valence-electron chi connectivity index (χ4n) is 5.56. The molecule has 1 fully saturated rings. The smallest absolute Gasteiger partial charge is 0.276 e. The molecule has 0 radical (unpaired) electrons. The Morgan fingerprint density at radius 3 is 2.67 bits per heavy atom. The van der Waals surface area contributed by atoms with E-state index in [9.17, 15) is 18.8 Å². The number of rotatable bonds is 8. The second-order valence-electron chi connectivity index (χ2n) is 10.3. The number of methoxy groups -OCH3 is 1. The van der Waals surface area contributed by atoms with Crippen molar-refractivity contribution in [1.82, 2.24) is 14.8 Å². The third kappa shape index (κ3) is 6.77. The van der Waals surface area contributed by atoms with Crippen LogP contribution >= 0.6 is 9.24 Å². The monoisotopic (exact) mass is 567 g/mol. The van der Waals surface area contributed by atoms with Crippen molar-refractivity contribution in [2.75, 3.05) is 33.1 Å². The SMILES string of the molecule is CNC(=O)c1ccc(NCC#Cc2cc3c(n2CC(F)(F)P)=CCCC=3N(C)C2CCC(C#N)CC2)c(OC)c1. The summed E-state index contributed by atoms with van der Waals surface area (Å²) in [4.78, 5) is 14.2. The van der Waals surface area contributed by atoms with E-state index in [-0.39, 0.29) is 18.4 Å². The molecule has 1 amide bonds. The second-order valence-corrected chi connectivity index (χ2v) is 11.1. The van der Waals surface area contributed by atoms with Crippen molar-refractivity contribution in [2.45, 2.75) is 56.8 Å². The molecule has 1 saturated carbocycles. The number of anilines is 1. The number of aromatic nitrogens is 1. The van der Waals surface area contributed by atoms with Crippen molar-refractivity contribution >= 4 is 32.6 Å². The number of carbonyl (C=O) groups is 1. The molecule has 0 bridgehead atoms. The molecular weight excluding hydrogens is 531 g/mol. The number of benzene rings is 1. The summed E-state index contributed by atoms with van der Waals surface area (Å²) in [6.07, 6.45) is 7.32. The molecule has 7 nitrogen and oxygen atoms in total. The van der Waals surface area contributed by atoms with Crippen molar-refractivity contribution in [3.63, 3.8) is 0 Å². The lowest BCUT2D eigenvalue weighted by molar-refractivity contribution is 0.0828. The largest absolute Gasteiger partial charge is 0.495 e. The van der Waals surface area contributed by atoms with Crippen LogP contribution in [0.25, 0.3) is 11.8 Å². The number of alkyl halides is 2. The number of nitrogens with one attached hydrogen (secondary N) is 2. The Labute approximate surface area is 236 Å². The predicted octanol–water partition coefficient (Wildman–Crippen LogP) is 3.48. The van der Waals surface area contributed by atoms with Crippen LogP contribution in [0, 0.1) is 29.1 Å². The van der Waals surface area contributed by atoms with Crippen LogP contribution in [0.3, 0.4) is 0 Å². The van der Waals surface area contributed by atoms with Crippen LogP contribution in [0.15, 0.2) is 24.3 Å². The number of nitrogens with zero attached hydrogens (tertiary/aromatic N) is 3. The van der Waals surface area contributed by atoms with Gasteiger partial charge in [0.05, 0.1) is 37.6 Å². The number of fused-ring (bicyclic) bond motifs is 1. The Bertz CT molecular complexity index is 1470. The molecule has 10 heteroatoms. The van der Waals surface area contributed by atoms with Gasteiger partial charge in [-0.25, -0.2) is 8.78 Å². The van der Waals surface area contributed by atoms with Crippen LogP contribution in [0.4, 0.5) is 14.5 Å². The van der Waals surface area contributed by atoms with E-state index in [0.29, 0.717) is 28.7 Å². The summed E-state index contributed by atoms with van der Waals surface area (Å²) in [5, 5.41) is 16.8. The van der Waals surface area contributed by atoms with Crippen LogP contribution in [0.5, 0.6) is 5.75 Å². The van der Waals surface area contributed by atoms with Gasteiger partial charge in [0.25, 0.3) is 11.6 Å². The standard InChI is InChI=1S/C30H36F2N5O2P/c1-34-29(38)21-11-14-25(28(16-21)39-3)35-15-5-6-23-17-24-26(36(2)22-12-9-20(18-33)10-13-22)7-4-8-27(24)37(23)19-30(31,32)40/h8,11,14,16-17,20,22,35H,4,7,9-10,12-13,15,19,40H2,1-3H3,(H,34,38). The fraction of sp³-hybridized carbons (Fsp3) is 0.467. The third-order valence-electron chi connectivity index (χ3n) is 7.66. The van der Waals surface area contributed by atoms with E-state index < -0.39 is 12.2 Å². The van der Waals surface area contributed by atoms with Crippen LogP contribution in [0.2, 0.25) is 0 Å². The highest BCUT2D eigenvalue weighted by Crippen LogP contribution is 2.30. The highest BCUT2D eigenvalue weighted by atomic mass is 31.0. The van der Waals surface area contributed by atoms with Crippen molar-refractivity contribution in [3.05, 3.63) is 46.1 Å². The fourth-order valence-corrected chi connectivity index (χ4v) is 5.74. The van der Waals surface area contributed by atoms with E-state index in [1.54, 1.807) is 39.1 Å². The number of carbonyl (C=O) groups excluding carboxylic acids is 1. The van der Waals surface area contributed by atoms with Gasteiger partial charge in [-0.15, -0.1) is 0 Å². The first-order valence-corrected chi connectivity index (χ1v) is 14.1. The maximum Gasteiger partial charge on any atom is 0.276 e. The summed E-state index contributed by atoms with van der Waals surface area (Å²) in [7, 11) is 6.81. The summed E-state index contributed by atoms with van der Waals surface area (Å²) in [5.74, 6) is 6.59. The van der Waals surface area contributed by atoms with Crippen LogP contribution in [-0.4, -0.2) is 54.8 Å². The van der Waals surface area contributed by atoms with Crippen molar-refractivity contribution in [3.8, 4) is 23.7 Å². The summed E-state index contributed by atoms with van der Waals surface area (Å²) in [6, 6.07) is 9.74. The minimum atomic E-state index is -2.98. The van der Waals surface area contributed by atoms with Gasteiger partial charge in [0, 0.05) is 47.9 Å². The maximum atomic E-state index is 14.2. The van der Waals surface area contributed by atoms with E-state index in [4.69, 9.17) is 4.74 Å². The number of halogens is 2. The first-order chi connectivity index (χ1) is 19.1. The summed E-state index contributed by atoms with van der Waals surface area (Å²) in [5.41, 5.74) is -0.149. The zero-order chi connectivity index (χ0) is 28.9. The molecule has 212 valence electrons. The van der Waals surface area contributed by atoms with E-state index in [0.717, 1.165) is 54.8 Å². The number of hydrogen-bond acceptors (Lipinski definition) is 5. The Kier molecular flexibility index (Phi) is 9.38. The molecule has 2 aliphatic rings. The molecule has 1 aromatic heterocycles. The highest BCUT2D eigenvalue weighted by Gasteiger charge is 2.28. The van der Waals surface area contributed by atoms with Crippen molar-refractivity contribution in [1.29, 1.82) is 5.26 Å². The molecule has 0 spiro atoms. The summed E-state index contributed by atoms with van der Waals surface area (Å²) < 4.78 is 35.5. The number of hydrogen-bond donors (Lipinski definition) is 2. The predicted molar refractivity (Wildman–Crippen MR) is 156 cm³/mol. The lowest BCUT2D eigenvalue weighted by Gasteiger charge is -2.36. The van der Waals surface area contributed by atoms with Crippen LogP contribution in [0.1, 0.15) is 54.6 Å². The Balaban J connectivity index is 1.62. The molecule has 4 rings (SSSR count). The average molecular weight is 568 g/mol. The number of amides is 1. The van der Waals surface area contributed by atoms with Gasteiger partial charge in [-0.2, -0.15) is 5.26 Å². The van der Waals surface area contributed by atoms with Gasteiger partial charge in [0.2, 0.25) is 0 Å². The van der Waals surface area contributed by atoms with Crippen LogP contribution in [-0.2, 0) is 6.54 Å². The normalized spacial score (nSPS) is 18.4. The molecule has 1 atom stereocenters. The quantitative estimate of drug-likeness (QED) is 0.377. The van der Waals surface area contributed by atoms with E-state index in [2.05, 4.69) is 40.5 Å². The molecule has 2 N–H and O–H groups in total. The summed E-state index contributed by atoms with van der Waals surface area (Å²) >= 11 is 0. The van der Waals surface area contributed by atoms with Gasteiger partial charge in [-0.05, 0) is 68.7 Å². The molecule has 1 unspecified atom stereocenters. The van der Waals surface area contributed by atoms with Gasteiger partial charge < -0.3 is 24.8 Å². The zero-order valence-electron chi connectivity index (χ0n) is 23.2. The van der Waals surface area contributed by atoms with E-state index in [1.165, 1.54) is 7.11 Å². The van der Waals surface area contributed by atoms with Gasteiger partial charge in [-0.1, -0.05) is 21.2 Å². The number of nitriles is 1. The third-order valence-corrected chi connectivity index (χ3v) is 7.85. The van der Waals surface area contributed by atoms with Gasteiger partial charge in [0.15, 0.2) is 0 Å². The molecule has 0 aliphatic heterocycles. The molecule has 2 aromatic rings. The maximum absolute atomic E-state index is 14.2. The molecule has 40 heavy (non-hydrogen) atoms. The van der Waals surface area contributed by atoms with E-state index >= 15 is 0 Å².